The van der Waals surface area contributed by atoms with Crippen LogP contribution in [0, 0.1) is 0 Å². The zero-order chi connectivity index (χ0) is 6.62. The van der Waals surface area contributed by atoms with Crippen molar-refractivity contribution in [2.45, 2.75) is 13.3 Å². The second-order valence-electron chi connectivity index (χ2n) is 1.30. The van der Waals surface area contributed by atoms with Gasteiger partial charge in [-0.2, -0.15) is 0 Å². The zero-order valence-corrected chi connectivity index (χ0v) is 8.79. The first-order valence-electron chi connectivity index (χ1n) is 2.24. The molecule has 0 saturated heterocycles. The molecule has 11 heavy (non-hydrogen) atoms. The maximum absolute atomic E-state index is 9.75. The molecule has 1 atom stereocenters. The number of hydrogen-bond donors (Lipinski definition) is 1. The fraction of sp³-hybridized carbons (Fsp3) is 1.00. The average Bonchev–Trinajstić information content (AvgIpc) is 1.59. The maximum atomic E-state index is 9.75. The molecule has 0 aromatic carbocycles. The van der Waals surface area contributed by atoms with Gasteiger partial charge in [-0.05, 0) is 6.42 Å². The molecule has 0 bridgehead atoms. The van der Waals surface area contributed by atoms with Crippen LogP contribution in [0.1, 0.15) is 13.3 Å². The summed E-state index contributed by atoms with van der Waals surface area (Å²) in [7, 11) is -4.43. The van der Waals surface area contributed by atoms with E-state index in [0.717, 1.165) is 0 Å². The van der Waals surface area contributed by atoms with Crippen molar-refractivity contribution in [2.24, 2.45) is 0 Å². The topological polar surface area (TPSA) is 99.6 Å². The molecule has 0 aliphatic carbocycles. The van der Waals surface area contributed by atoms with Crippen LogP contribution in [-0.4, -0.2) is 92.5 Å². The fourth-order valence-corrected chi connectivity index (χ4v) is 0.620. The van der Waals surface area contributed by atoms with E-state index in [1.54, 1.807) is 6.92 Å². The fourth-order valence-electron chi connectivity index (χ4n) is 0.207. The van der Waals surface area contributed by atoms with Gasteiger partial charge in [0.25, 0.3) is 7.82 Å². The molecule has 0 aliphatic heterocycles. The summed E-state index contributed by atoms with van der Waals surface area (Å²) in [6.07, 6.45) is 0.576. The van der Waals surface area contributed by atoms with Crippen LogP contribution in [0.3, 0.4) is 0 Å². The van der Waals surface area contributed by atoms with Gasteiger partial charge in [0.1, 0.15) is 0 Å². The second-order valence-corrected chi connectivity index (χ2v) is 2.50. The maximum Gasteiger partial charge on any atom is -0.870 e. The molecule has 0 amide bonds. The van der Waals surface area contributed by atoms with E-state index in [4.69, 9.17) is 4.89 Å². The molecule has 2 N–H and O–H groups in total. The van der Waals surface area contributed by atoms with Crippen molar-refractivity contribution < 1.29 is 24.4 Å². The number of hydrogen-bond acceptors (Lipinski definition) is 4. The zero-order valence-electron chi connectivity index (χ0n) is 5.69. The van der Waals surface area contributed by atoms with Crippen LogP contribution in [0.5, 0.6) is 0 Å². The average molecular weight is 238 g/mol. The standard InChI is InChI=1S/C3H9O4P.2Ca.H2O.2H/c1-2-3-7-8(4,5)6;;;;;/h2-3H2,1H3,(H2,4,5,6);;;1H2;;/q;;+2;;;/p-2. The third-order valence-corrected chi connectivity index (χ3v) is 0.967. The van der Waals surface area contributed by atoms with E-state index in [0.29, 0.717) is 6.42 Å². The van der Waals surface area contributed by atoms with E-state index in [2.05, 4.69) is 4.52 Å². The van der Waals surface area contributed by atoms with E-state index in [-0.39, 0.29) is 87.6 Å². The third kappa shape index (κ3) is 24.5. The van der Waals surface area contributed by atoms with Crippen molar-refractivity contribution in [1.82, 2.24) is 0 Å². The van der Waals surface area contributed by atoms with Gasteiger partial charge < -0.3 is 19.8 Å². The summed E-state index contributed by atoms with van der Waals surface area (Å²) in [4.78, 5) is 17.7. The van der Waals surface area contributed by atoms with Gasteiger partial charge in [0.15, 0.2) is 0 Å². The Bertz CT molecular complexity index is 104. The summed E-state index contributed by atoms with van der Waals surface area (Å²) in [5.41, 5.74) is 0. The minimum absolute atomic E-state index is 0. The Hall–Kier alpha value is 2.59. The van der Waals surface area contributed by atoms with E-state index < -0.39 is 7.82 Å². The first-order chi connectivity index (χ1) is 3.56. The molecule has 0 fully saturated rings. The molecule has 0 radical (unpaired) electrons. The van der Waals surface area contributed by atoms with E-state index in [1.165, 1.54) is 0 Å². The van der Waals surface area contributed by atoms with Crippen molar-refractivity contribution in [3.8, 4) is 0 Å². The van der Waals surface area contributed by atoms with E-state index in [1.807, 2.05) is 0 Å². The predicted molar refractivity (Wildman–Crippen MR) is 42.3 cm³/mol. The quantitative estimate of drug-likeness (QED) is 0.471. The normalized spacial score (nSPS) is 13.0. The molecule has 5 nitrogen and oxygen atoms in total. The van der Waals surface area contributed by atoms with Crippen LogP contribution in [0.4, 0.5) is 0 Å². The van der Waals surface area contributed by atoms with Crippen molar-refractivity contribution in [1.29, 1.82) is 0 Å². The van der Waals surface area contributed by atoms with Gasteiger partial charge in [0.05, 0.1) is 6.61 Å². The van der Waals surface area contributed by atoms with Crippen molar-refractivity contribution in [2.75, 3.05) is 6.61 Å². The summed E-state index contributed by atoms with van der Waals surface area (Å²) < 4.78 is 13.7. The smallest absolute Gasteiger partial charge is 0.870 e. The predicted octanol–water partition coefficient (Wildman–Crippen LogP) is -1.60. The number of rotatable bonds is 3. The minimum atomic E-state index is -4.43. The number of phosphoric acid groups is 1. The molecular formula is C3H11Ca2O5P. The largest absolute Gasteiger partial charge is 0.870 e. The van der Waals surface area contributed by atoms with Crippen molar-refractivity contribution >= 4 is 83.3 Å². The number of phosphoric ester groups is 1. The molecule has 0 aromatic heterocycles. The van der Waals surface area contributed by atoms with Crippen molar-refractivity contribution in [3.63, 3.8) is 0 Å². The Morgan fingerprint density at radius 2 is 2.00 bits per heavy atom. The van der Waals surface area contributed by atoms with Gasteiger partial charge in [0.2, 0.25) is 0 Å². The summed E-state index contributed by atoms with van der Waals surface area (Å²) in [5.74, 6) is 0. The van der Waals surface area contributed by atoms with Crippen LogP contribution in [0.2, 0.25) is 0 Å². The van der Waals surface area contributed by atoms with Gasteiger partial charge in [0, 0.05) is 0 Å². The molecule has 0 saturated carbocycles. The third-order valence-electron chi connectivity index (χ3n) is 0.459. The molecule has 1 unspecified atom stereocenters. The Balaban J connectivity index is -0.0000000817. The van der Waals surface area contributed by atoms with Crippen LogP contribution in [0.25, 0.3) is 0 Å². The summed E-state index contributed by atoms with van der Waals surface area (Å²) in [5, 5.41) is 0. The molecule has 0 rings (SSSR count). The van der Waals surface area contributed by atoms with Gasteiger partial charge >= 0.3 is 75.5 Å². The summed E-state index contributed by atoms with van der Waals surface area (Å²) in [6.45, 7) is 1.80. The minimum Gasteiger partial charge on any atom is -0.870 e. The molecule has 8 heteroatoms. The van der Waals surface area contributed by atoms with E-state index in [9.17, 15) is 9.46 Å². The van der Waals surface area contributed by atoms with E-state index >= 15 is 0 Å². The summed E-state index contributed by atoms with van der Waals surface area (Å²) in [6, 6.07) is 0. The Labute approximate surface area is 125 Å². The van der Waals surface area contributed by atoms with Gasteiger partial charge in [-0.15, -0.1) is 0 Å². The molecule has 0 aromatic rings. The first kappa shape index (κ1) is 23.4. The molecule has 0 aliphatic rings. The van der Waals surface area contributed by atoms with Crippen LogP contribution >= 0.6 is 7.82 Å². The van der Waals surface area contributed by atoms with Gasteiger partial charge in [-0.1, -0.05) is 6.92 Å². The van der Waals surface area contributed by atoms with Crippen LogP contribution in [0.15, 0.2) is 0 Å². The van der Waals surface area contributed by atoms with Crippen molar-refractivity contribution in [3.05, 3.63) is 0 Å². The molecule has 62 valence electrons. The van der Waals surface area contributed by atoms with Gasteiger partial charge in [-0.3, -0.25) is 4.57 Å². The SMILES string of the molecule is CCCOP(=O)([O-])O.[Ca+2].[CaH2].[OH-]. The Kier molecular flexibility index (Phi) is 26.8. The molecule has 0 spiro atoms. The first-order valence-corrected chi connectivity index (χ1v) is 3.74. The summed E-state index contributed by atoms with van der Waals surface area (Å²) >= 11 is 0. The Morgan fingerprint density at radius 1 is 1.64 bits per heavy atom. The van der Waals surface area contributed by atoms with Crippen LogP contribution < -0.4 is 4.89 Å². The van der Waals surface area contributed by atoms with Gasteiger partial charge in [-0.25, -0.2) is 0 Å². The van der Waals surface area contributed by atoms with Crippen LogP contribution in [-0.2, 0) is 9.09 Å². The molecular weight excluding hydrogens is 227 g/mol. The second kappa shape index (κ2) is 12.6. The molecule has 0 heterocycles. The monoisotopic (exact) mass is 238 g/mol. The Morgan fingerprint density at radius 3 is 2.09 bits per heavy atom.